The van der Waals surface area contributed by atoms with Crippen molar-refractivity contribution in [3.8, 4) is 11.5 Å². The highest BCUT2D eigenvalue weighted by Gasteiger charge is 2.07. The number of methoxy groups -OCH3 is 2. The Morgan fingerprint density at radius 3 is 2.29 bits per heavy atom. The highest BCUT2D eigenvalue weighted by atomic mass is 19.1. The molecule has 0 unspecified atom stereocenters. The van der Waals surface area contributed by atoms with Crippen LogP contribution in [0.25, 0.3) is 0 Å². The van der Waals surface area contributed by atoms with Crippen LogP contribution >= 0.6 is 0 Å². The Kier molecular flexibility index (Phi) is 5.17. The first-order chi connectivity index (χ1) is 10.1. The van der Waals surface area contributed by atoms with Crippen molar-refractivity contribution in [3.05, 3.63) is 59.4 Å². The zero-order valence-electron chi connectivity index (χ0n) is 12.5. The van der Waals surface area contributed by atoms with Gasteiger partial charge in [0.1, 0.15) is 17.3 Å². The number of hydrogen-bond acceptors (Lipinski definition) is 3. The van der Waals surface area contributed by atoms with E-state index < -0.39 is 0 Å². The summed E-state index contributed by atoms with van der Waals surface area (Å²) >= 11 is 0. The second-order valence-corrected chi connectivity index (χ2v) is 4.88. The SMILES string of the molecule is COc1cc(CN[C@@H](C)c2cccc(F)c2)cc(OC)c1. The number of rotatable bonds is 6. The fourth-order valence-corrected chi connectivity index (χ4v) is 2.13. The lowest BCUT2D eigenvalue weighted by molar-refractivity contribution is 0.392. The van der Waals surface area contributed by atoms with E-state index in [1.165, 1.54) is 6.07 Å². The molecule has 0 spiro atoms. The molecule has 4 heteroatoms. The van der Waals surface area contributed by atoms with E-state index in [0.29, 0.717) is 6.54 Å². The lowest BCUT2D eigenvalue weighted by atomic mass is 10.1. The van der Waals surface area contributed by atoms with Gasteiger partial charge < -0.3 is 14.8 Å². The Morgan fingerprint density at radius 2 is 1.71 bits per heavy atom. The number of ether oxygens (including phenoxy) is 2. The van der Waals surface area contributed by atoms with Gasteiger partial charge in [-0.3, -0.25) is 0 Å². The molecule has 21 heavy (non-hydrogen) atoms. The lowest BCUT2D eigenvalue weighted by Crippen LogP contribution is -2.18. The summed E-state index contributed by atoms with van der Waals surface area (Å²) in [6.07, 6.45) is 0. The third-order valence-corrected chi connectivity index (χ3v) is 3.37. The van der Waals surface area contributed by atoms with E-state index in [4.69, 9.17) is 9.47 Å². The number of halogens is 1. The molecule has 0 heterocycles. The smallest absolute Gasteiger partial charge is 0.123 e. The van der Waals surface area contributed by atoms with E-state index in [-0.39, 0.29) is 11.9 Å². The van der Waals surface area contributed by atoms with Gasteiger partial charge in [-0.2, -0.15) is 0 Å². The van der Waals surface area contributed by atoms with Crippen molar-refractivity contribution < 1.29 is 13.9 Å². The maximum absolute atomic E-state index is 13.2. The van der Waals surface area contributed by atoms with Crippen LogP contribution in [0.5, 0.6) is 11.5 Å². The highest BCUT2D eigenvalue weighted by molar-refractivity contribution is 5.38. The molecule has 0 fully saturated rings. The van der Waals surface area contributed by atoms with Crippen molar-refractivity contribution in [2.45, 2.75) is 19.5 Å². The second-order valence-electron chi connectivity index (χ2n) is 4.88. The van der Waals surface area contributed by atoms with Crippen LogP contribution in [0.1, 0.15) is 24.1 Å². The van der Waals surface area contributed by atoms with Gasteiger partial charge in [-0.05, 0) is 42.3 Å². The largest absolute Gasteiger partial charge is 0.497 e. The molecule has 0 aliphatic carbocycles. The molecule has 0 bridgehead atoms. The Morgan fingerprint density at radius 1 is 1.05 bits per heavy atom. The van der Waals surface area contributed by atoms with E-state index in [1.54, 1.807) is 26.4 Å². The van der Waals surface area contributed by atoms with Crippen molar-refractivity contribution in [3.63, 3.8) is 0 Å². The van der Waals surface area contributed by atoms with E-state index in [0.717, 1.165) is 22.6 Å². The average Bonchev–Trinajstić information content (AvgIpc) is 2.52. The molecule has 0 aliphatic heterocycles. The van der Waals surface area contributed by atoms with Crippen LogP contribution < -0.4 is 14.8 Å². The summed E-state index contributed by atoms with van der Waals surface area (Å²) in [5, 5.41) is 3.37. The number of hydrogen-bond donors (Lipinski definition) is 1. The zero-order chi connectivity index (χ0) is 15.2. The minimum absolute atomic E-state index is 0.0536. The monoisotopic (exact) mass is 289 g/mol. The zero-order valence-corrected chi connectivity index (χ0v) is 12.5. The minimum atomic E-state index is -0.218. The lowest BCUT2D eigenvalue weighted by Gasteiger charge is -2.15. The van der Waals surface area contributed by atoms with Crippen LogP contribution in [-0.2, 0) is 6.54 Å². The van der Waals surface area contributed by atoms with Crippen LogP contribution in [0.2, 0.25) is 0 Å². The quantitative estimate of drug-likeness (QED) is 0.879. The van der Waals surface area contributed by atoms with Crippen molar-refractivity contribution in [2.24, 2.45) is 0 Å². The average molecular weight is 289 g/mol. The van der Waals surface area contributed by atoms with Gasteiger partial charge in [-0.25, -0.2) is 4.39 Å². The number of benzene rings is 2. The van der Waals surface area contributed by atoms with Crippen LogP contribution in [0.15, 0.2) is 42.5 Å². The predicted octanol–water partition coefficient (Wildman–Crippen LogP) is 3.69. The molecular formula is C17H20FNO2. The van der Waals surface area contributed by atoms with Crippen molar-refractivity contribution in [1.82, 2.24) is 5.32 Å². The number of nitrogens with one attached hydrogen (secondary N) is 1. The van der Waals surface area contributed by atoms with E-state index >= 15 is 0 Å². The molecule has 1 atom stereocenters. The first-order valence-corrected chi connectivity index (χ1v) is 6.83. The van der Waals surface area contributed by atoms with Gasteiger partial charge in [0, 0.05) is 18.7 Å². The molecule has 112 valence electrons. The highest BCUT2D eigenvalue weighted by Crippen LogP contribution is 2.23. The third-order valence-electron chi connectivity index (χ3n) is 3.37. The van der Waals surface area contributed by atoms with Crippen LogP contribution in [0.4, 0.5) is 4.39 Å². The first-order valence-electron chi connectivity index (χ1n) is 6.83. The first kappa shape index (κ1) is 15.3. The van der Waals surface area contributed by atoms with Gasteiger partial charge in [0.05, 0.1) is 14.2 Å². The maximum Gasteiger partial charge on any atom is 0.123 e. The molecular weight excluding hydrogens is 269 g/mol. The maximum atomic E-state index is 13.2. The summed E-state index contributed by atoms with van der Waals surface area (Å²) in [6.45, 7) is 2.65. The standard InChI is InChI=1S/C17H20FNO2/c1-12(14-5-4-6-15(18)9-14)19-11-13-7-16(20-2)10-17(8-13)21-3/h4-10,12,19H,11H2,1-3H3/t12-/m0/s1. The Balaban J connectivity index is 2.05. The Bertz CT molecular complexity index is 579. The van der Waals surface area contributed by atoms with E-state index in [9.17, 15) is 4.39 Å². The fraction of sp³-hybridized carbons (Fsp3) is 0.294. The topological polar surface area (TPSA) is 30.5 Å². The summed E-state index contributed by atoms with van der Waals surface area (Å²) in [4.78, 5) is 0. The van der Waals surface area contributed by atoms with E-state index in [1.807, 2.05) is 31.2 Å². The molecule has 2 aromatic carbocycles. The minimum Gasteiger partial charge on any atom is -0.497 e. The van der Waals surface area contributed by atoms with Gasteiger partial charge in [0.25, 0.3) is 0 Å². The molecule has 0 radical (unpaired) electrons. The van der Waals surface area contributed by atoms with E-state index in [2.05, 4.69) is 5.32 Å². The Labute approximate surface area is 124 Å². The summed E-state index contributed by atoms with van der Waals surface area (Å²) in [5.74, 6) is 1.29. The second kappa shape index (κ2) is 7.09. The predicted molar refractivity (Wildman–Crippen MR) is 81.2 cm³/mol. The third kappa shape index (κ3) is 4.20. The van der Waals surface area contributed by atoms with Crippen molar-refractivity contribution >= 4 is 0 Å². The van der Waals surface area contributed by atoms with Crippen molar-refractivity contribution in [1.29, 1.82) is 0 Å². The molecule has 0 aromatic heterocycles. The normalized spacial score (nSPS) is 12.0. The van der Waals surface area contributed by atoms with Gasteiger partial charge in [-0.15, -0.1) is 0 Å². The summed E-state index contributed by atoms with van der Waals surface area (Å²) in [6, 6.07) is 12.4. The van der Waals surface area contributed by atoms with Gasteiger partial charge in [0.15, 0.2) is 0 Å². The van der Waals surface area contributed by atoms with Crippen LogP contribution in [0, 0.1) is 5.82 Å². The molecule has 2 rings (SSSR count). The Hall–Kier alpha value is -2.07. The molecule has 2 aromatic rings. The van der Waals surface area contributed by atoms with Gasteiger partial charge in [-0.1, -0.05) is 12.1 Å². The fourth-order valence-electron chi connectivity index (χ4n) is 2.13. The summed E-state index contributed by atoms with van der Waals surface area (Å²) in [7, 11) is 3.25. The molecule has 0 saturated carbocycles. The summed E-state index contributed by atoms with van der Waals surface area (Å²) < 4.78 is 23.7. The molecule has 0 aliphatic rings. The summed E-state index contributed by atoms with van der Waals surface area (Å²) in [5.41, 5.74) is 1.97. The van der Waals surface area contributed by atoms with Crippen molar-refractivity contribution in [2.75, 3.05) is 14.2 Å². The molecule has 3 nitrogen and oxygen atoms in total. The van der Waals surface area contributed by atoms with Gasteiger partial charge in [0.2, 0.25) is 0 Å². The van der Waals surface area contributed by atoms with Gasteiger partial charge >= 0.3 is 0 Å². The molecule has 1 N–H and O–H groups in total. The molecule has 0 amide bonds. The van der Waals surface area contributed by atoms with Crippen LogP contribution in [-0.4, -0.2) is 14.2 Å². The molecule has 0 saturated heterocycles. The van der Waals surface area contributed by atoms with Crippen LogP contribution in [0.3, 0.4) is 0 Å².